The molecule has 0 spiro atoms. The summed E-state index contributed by atoms with van der Waals surface area (Å²) < 4.78 is 16.8. The van der Waals surface area contributed by atoms with E-state index >= 15 is 0 Å². The molecule has 0 heterocycles. The van der Waals surface area contributed by atoms with Gasteiger partial charge in [-0.15, -0.1) is 0 Å². The summed E-state index contributed by atoms with van der Waals surface area (Å²) in [6.07, 6.45) is 80.3. The SMILES string of the molecule is CC/C=C\C/C=C\C/C=C\C/C=C\CCC(=O)OCC(COC(=O)CCCCCCCCCC/C=C\C/C=C\C/C=C\CCCCCCC)OC(=O)CCCCCCCCCCCCCCCCCCCCC. The lowest BCUT2D eigenvalue weighted by Gasteiger charge is -2.18. The maximum atomic E-state index is 12.9. The number of carbonyl (C=O) groups is 3. The molecule has 0 N–H and O–H groups in total. The van der Waals surface area contributed by atoms with Gasteiger partial charge >= 0.3 is 17.9 Å². The van der Waals surface area contributed by atoms with Crippen LogP contribution in [0.3, 0.4) is 0 Å². The third-order valence-corrected chi connectivity index (χ3v) is 13.4. The molecule has 0 aliphatic heterocycles. The van der Waals surface area contributed by atoms with Crippen molar-refractivity contribution in [3.8, 4) is 0 Å². The minimum atomic E-state index is -0.808. The van der Waals surface area contributed by atoms with Crippen LogP contribution in [0.15, 0.2) is 85.1 Å². The van der Waals surface area contributed by atoms with Gasteiger partial charge < -0.3 is 14.2 Å². The van der Waals surface area contributed by atoms with Gasteiger partial charge in [0.25, 0.3) is 0 Å². The fraction of sp³-hybridized carbons (Fsp3) is 0.746. The van der Waals surface area contributed by atoms with Crippen LogP contribution in [-0.4, -0.2) is 37.2 Å². The summed E-state index contributed by atoms with van der Waals surface area (Å²) in [6.45, 7) is 6.47. The second-order valence-electron chi connectivity index (χ2n) is 20.6. The van der Waals surface area contributed by atoms with E-state index in [2.05, 4.69) is 99.8 Å². The number of esters is 3. The lowest BCUT2D eigenvalue weighted by atomic mass is 10.0. The summed E-state index contributed by atoms with van der Waals surface area (Å²) in [7, 11) is 0. The van der Waals surface area contributed by atoms with Crippen LogP contribution in [0.25, 0.3) is 0 Å². The van der Waals surface area contributed by atoms with Crippen LogP contribution in [0, 0.1) is 0 Å². The van der Waals surface area contributed by atoms with E-state index in [1.54, 1.807) is 0 Å². The van der Waals surface area contributed by atoms with Crippen molar-refractivity contribution in [3.05, 3.63) is 85.1 Å². The van der Waals surface area contributed by atoms with Gasteiger partial charge in [-0.05, 0) is 83.5 Å². The Morgan fingerprint density at radius 1 is 0.288 bits per heavy atom. The summed E-state index contributed by atoms with van der Waals surface area (Å²) in [5.74, 6) is -0.980. The highest BCUT2D eigenvalue weighted by atomic mass is 16.6. The quantitative estimate of drug-likeness (QED) is 0.0261. The molecular weight excluding hydrogens is 901 g/mol. The van der Waals surface area contributed by atoms with Crippen molar-refractivity contribution in [2.45, 2.75) is 309 Å². The third kappa shape index (κ3) is 59.3. The number of ether oxygens (including phenoxy) is 3. The van der Waals surface area contributed by atoms with E-state index in [1.807, 2.05) is 6.08 Å². The zero-order valence-electron chi connectivity index (χ0n) is 48.1. The lowest BCUT2D eigenvalue weighted by molar-refractivity contribution is -0.166. The highest BCUT2D eigenvalue weighted by Gasteiger charge is 2.19. The highest BCUT2D eigenvalue weighted by Crippen LogP contribution is 2.16. The van der Waals surface area contributed by atoms with E-state index in [0.29, 0.717) is 19.3 Å². The molecule has 1 atom stereocenters. The maximum Gasteiger partial charge on any atom is 0.306 e. The van der Waals surface area contributed by atoms with Gasteiger partial charge in [0.2, 0.25) is 0 Å². The molecule has 1 unspecified atom stereocenters. The zero-order chi connectivity index (χ0) is 52.9. The Bertz CT molecular complexity index is 1400. The molecule has 0 aromatic heterocycles. The van der Waals surface area contributed by atoms with Gasteiger partial charge in [-0.2, -0.15) is 0 Å². The summed E-state index contributed by atoms with van der Waals surface area (Å²) in [5.41, 5.74) is 0. The highest BCUT2D eigenvalue weighted by molar-refractivity contribution is 5.71. The molecule has 6 heteroatoms. The van der Waals surface area contributed by atoms with E-state index in [4.69, 9.17) is 14.2 Å². The molecule has 6 nitrogen and oxygen atoms in total. The van der Waals surface area contributed by atoms with Crippen LogP contribution in [0.4, 0.5) is 0 Å². The Morgan fingerprint density at radius 2 is 0.562 bits per heavy atom. The first-order valence-corrected chi connectivity index (χ1v) is 31.1. The molecule has 0 radical (unpaired) electrons. The van der Waals surface area contributed by atoms with E-state index in [-0.39, 0.29) is 37.5 Å². The molecular formula is C67H116O6. The topological polar surface area (TPSA) is 78.9 Å². The summed E-state index contributed by atoms with van der Waals surface area (Å²) in [5, 5.41) is 0. The standard InChI is InChI=1S/C67H116O6/c1-4-7-10-13-16-19-22-25-27-29-31-32-33-34-36-37-39-42-45-48-51-54-57-60-66(69)72-63-64(62-71-65(68)59-56-53-50-47-44-41-24-21-18-15-12-9-6-3)73-67(70)61-58-55-52-49-46-43-40-38-35-30-28-26-23-20-17-14-11-8-5-2/h9,12,18,21-22,25,29,31,33-34,41,44,50,53,64H,4-8,10-11,13-17,19-20,23-24,26-28,30,32,35-40,42-43,45-49,51-52,54-63H2,1-3H3/b12-9-,21-18-,25-22-,31-29-,34-33-,44-41-,53-50-. The second-order valence-corrected chi connectivity index (χ2v) is 20.6. The summed E-state index contributed by atoms with van der Waals surface area (Å²) >= 11 is 0. The van der Waals surface area contributed by atoms with Crippen molar-refractivity contribution in [1.82, 2.24) is 0 Å². The molecule has 0 saturated heterocycles. The van der Waals surface area contributed by atoms with Crippen LogP contribution in [0.2, 0.25) is 0 Å². The van der Waals surface area contributed by atoms with Gasteiger partial charge in [-0.25, -0.2) is 0 Å². The number of carbonyl (C=O) groups excluding carboxylic acids is 3. The number of allylic oxidation sites excluding steroid dienone is 14. The smallest absolute Gasteiger partial charge is 0.306 e. The predicted molar refractivity (Wildman–Crippen MR) is 316 cm³/mol. The molecule has 0 rings (SSSR count). The fourth-order valence-electron chi connectivity index (χ4n) is 8.76. The molecule has 0 aromatic carbocycles. The Hall–Kier alpha value is -3.41. The molecule has 0 aliphatic carbocycles. The van der Waals surface area contributed by atoms with Gasteiger partial charge in [-0.1, -0.05) is 286 Å². The Balaban J connectivity index is 4.38. The van der Waals surface area contributed by atoms with E-state index < -0.39 is 6.10 Å². The average molecular weight is 1020 g/mol. The first-order valence-electron chi connectivity index (χ1n) is 31.1. The van der Waals surface area contributed by atoms with Crippen molar-refractivity contribution in [3.63, 3.8) is 0 Å². The second kappa shape index (κ2) is 61.1. The number of rotatable bonds is 56. The van der Waals surface area contributed by atoms with E-state index in [9.17, 15) is 14.4 Å². The van der Waals surface area contributed by atoms with Gasteiger partial charge in [-0.3, -0.25) is 14.4 Å². The summed E-state index contributed by atoms with van der Waals surface area (Å²) in [6, 6.07) is 0. The van der Waals surface area contributed by atoms with Crippen LogP contribution < -0.4 is 0 Å². The molecule has 0 bridgehead atoms. The largest absolute Gasteiger partial charge is 0.462 e. The molecule has 0 aliphatic rings. The zero-order valence-corrected chi connectivity index (χ0v) is 48.1. The minimum Gasteiger partial charge on any atom is -0.462 e. The van der Waals surface area contributed by atoms with E-state index in [1.165, 1.54) is 173 Å². The third-order valence-electron chi connectivity index (χ3n) is 13.4. The maximum absolute atomic E-state index is 12.9. The fourth-order valence-corrected chi connectivity index (χ4v) is 8.76. The first-order chi connectivity index (χ1) is 36.0. The molecule has 0 fully saturated rings. The van der Waals surface area contributed by atoms with Gasteiger partial charge in [0, 0.05) is 19.3 Å². The van der Waals surface area contributed by atoms with Crippen LogP contribution in [0.5, 0.6) is 0 Å². The molecule has 420 valence electrons. The molecule has 0 amide bonds. The monoisotopic (exact) mass is 1020 g/mol. The van der Waals surface area contributed by atoms with Crippen LogP contribution in [0.1, 0.15) is 303 Å². The Kier molecular flexibility index (Phi) is 58.3. The molecule has 0 aromatic rings. The summed E-state index contributed by atoms with van der Waals surface area (Å²) in [4.78, 5) is 38.2. The predicted octanol–water partition coefficient (Wildman–Crippen LogP) is 21.1. The van der Waals surface area contributed by atoms with Crippen LogP contribution >= 0.6 is 0 Å². The Morgan fingerprint density at radius 3 is 0.918 bits per heavy atom. The van der Waals surface area contributed by atoms with Crippen molar-refractivity contribution in [1.29, 1.82) is 0 Å². The van der Waals surface area contributed by atoms with Gasteiger partial charge in [0.1, 0.15) is 13.2 Å². The number of hydrogen-bond donors (Lipinski definition) is 0. The molecule has 0 saturated carbocycles. The average Bonchev–Trinajstić information content (AvgIpc) is 3.39. The first kappa shape index (κ1) is 69.6. The Labute approximate surface area is 452 Å². The number of hydrogen-bond acceptors (Lipinski definition) is 6. The normalized spacial score (nSPS) is 12.6. The van der Waals surface area contributed by atoms with Crippen molar-refractivity contribution in [2.75, 3.05) is 13.2 Å². The van der Waals surface area contributed by atoms with Crippen molar-refractivity contribution < 1.29 is 28.6 Å². The molecule has 73 heavy (non-hydrogen) atoms. The van der Waals surface area contributed by atoms with Crippen molar-refractivity contribution >= 4 is 17.9 Å². The van der Waals surface area contributed by atoms with Crippen LogP contribution in [-0.2, 0) is 28.6 Å². The lowest BCUT2D eigenvalue weighted by Crippen LogP contribution is -2.30. The minimum absolute atomic E-state index is 0.100. The number of unbranched alkanes of at least 4 members (excludes halogenated alkanes) is 31. The van der Waals surface area contributed by atoms with Gasteiger partial charge in [0.15, 0.2) is 6.10 Å². The van der Waals surface area contributed by atoms with Crippen molar-refractivity contribution in [2.24, 2.45) is 0 Å². The van der Waals surface area contributed by atoms with Gasteiger partial charge in [0.05, 0.1) is 0 Å². The van der Waals surface area contributed by atoms with E-state index in [0.717, 1.165) is 83.5 Å².